The number of nitrogens with one attached hydrogen (secondary N) is 1. The molecule has 0 aliphatic rings. The fourth-order valence-electron chi connectivity index (χ4n) is 2.08. The maximum Gasteiger partial charge on any atom is 0.243 e. The Morgan fingerprint density at radius 1 is 1.57 bits per heavy atom. The maximum absolute atomic E-state index is 13.1. The van der Waals surface area contributed by atoms with Crippen LogP contribution in [0.1, 0.15) is 13.8 Å². The predicted molar refractivity (Wildman–Crippen MR) is 82.0 cm³/mol. The number of aliphatic hydroxyl groups excluding tert-OH is 1. The number of halogens is 1. The van der Waals surface area contributed by atoms with Gasteiger partial charge in [0.15, 0.2) is 5.13 Å². The van der Waals surface area contributed by atoms with Crippen molar-refractivity contribution in [2.24, 2.45) is 0 Å². The number of anilines is 1. The molecule has 0 aliphatic carbocycles. The first-order valence-corrected chi connectivity index (χ1v) is 7.58. The summed E-state index contributed by atoms with van der Waals surface area (Å²) in [4.78, 5) is 18.3. The highest BCUT2D eigenvalue weighted by atomic mass is 32.1. The average Bonchev–Trinajstić information content (AvgIpc) is 2.85. The zero-order valence-corrected chi connectivity index (χ0v) is 12.8. The molecule has 0 bridgehead atoms. The number of aromatic nitrogens is 1. The van der Waals surface area contributed by atoms with Crippen molar-refractivity contribution in [1.82, 2.24) is 9.88 Å². The van der Waals surface area contributed by atoms with E-state index in [1.54, 1.807) is 13.0 Å². The number of benzene rings is 1. The van der Waals surface area contributed by atoms with Gasteiger partial charge in [-0.05, 0) is 31.7 Å². The lowest BCUT2D eigenvalue weighted by Gasteiger charge is -2.25. The Morgan fingerprint density at radius 3 is 3.00 bits per heavy atom. The number of amides is 1. The molecule has 1 aromatic heterocycles. The number of hydrogen-bond donors (Lipinski definition) is 2. The standard InChI is InChI=1S/C14H18FN3O2S/c1-3-18(6-7-19)9(2)13(20)17-14-16-11-5-4-10(15)8-12(11)21-14/h4-5,8-9,19H,3,6-7H2,1-2H3,(H,16,17,20). The summed E-state index contributed by atoms with van der Waals surface area (Å²) in [6, 6.07) is 3.96. The van der Waals surface area contributed by atoms with Gasteiger partial charge in [-0.1, -0.05) is 18.3 Å². The molecule has 0 spiro atoms. The van der Waals surface area contributed by atoms with Crippen LogP contribution >= 0.6 is 11.3 Å². The minimum absolute atomic E-state index is 0.00583. The first kappa shape index (κ1) is 15.8. The van der Waals surface area contributed by atoms with Crippen molar-refractivity contribution in [1.29, 1.82) is 0 Å². The number of likely N-dealkylation sites (N-methyl/N-ethyl adjacent to an activating group) is 1. The van der Waals surface area contributed by atoms with Crippen molar-refractivity contribution in [3.8, 4) is 0 Å². The molecule has 2 rings (SSSR count). The van der Waals surface area contributed by atoms with E-state index in [-0.39, 0.29) is 24.4 Å². The van der Waals surface area contributed by atoms with Crippen LogP contribution in [0.4, 0.5) is 9.52 Å². The van der Waals surface area contributed by atoms with Crippen molar-refractivity contribution in [3.05, 3.63) is 24.0 Å². The summed E-state index contributed by atoms with van der Waals surface area (Å²) in [6.45, 7) is 4.82. The van der Waals surface area contributed by atoms with E-state index >= 15 is 0 Å². The first-order chi connectivity index (χ1) is 10.0. The molecule has 1 aromatic carbocycles. The van der Waals surface area contributed by atoms with E-state index in [9.17, 15) is 9.18 Å². The number of nitrogens with zero attached hydrogens (tertiary/aromatic N) is 2. The lowest BCUT2D eigenvalue weighted by Crippen LogP contribution is -2.43. The molecule has 0 aliphatic heterocycles. The van der Waals surface area contributed by atoms with Gasteiger partial charge in [-0.3, -0.25) is 9.69 Å². The van der Waals surface area contributed by atoms with Gasteiger partial charge in [0.05, 0.1) is 22.9 Å². The van der Waals surface area contributed by atoms with E-state index in [4.69, 9.17) is 5.11 Å². The van der Waals surface area contributed by atoms with Crippen LogP contribution in [-0.2, 0) is 4.79 Å². The Hall–Kier alpha value is -1.57. The van der Waals surface area contributed by atoms with Crippen LogP contribution in [0.3, 0.4) is 0 Å². The molecule has 1 amide bonds. The summed E-state index contributed by atoms with van der Waals surface area (Å²) in [7, 11) is 0. The summed E-state index contributed by atoms with van der Waals surface area (Å²) in [5.41, 5.74) is 0.659. The second kappa shape index (κ2) is 6.93. The topological polar surface area (TPSA) is 65.5 Å². The van der Waals surface area contributed by atoms with Crippen molar-refractivity contribution in [3.63, 3.8) is 0 Å². The molecule has 0 saturated carbocycles. The van der Waals surface area contributed by atoms with Gasteiger partial charge >= 0.3 is 0 Å². The zero-order valence-electron chi connectivity index (χ0n) is 12.0. The Labute approximate surface area is 126 Å². The third-order valence-corrected chi connectivity index (χ3v) is 4.23. The van der Waals surface area contributed by atoms with Gasteiger partial charge in [0.2, 0.25) is 5.91 Å². The normalized spacial score (nSPS) is 12.8. The summed E-state index contributed by atoms with van der Waals surface area (Å²) in [5.74, 6) is -0.512. The average molecular weight is 311 g/mol. The molecule has 21 heavy (non-hydrogen) atoms. The van der Waals surface area contributed by atoms with Crippen LogP contribution in [0.15, 0.2) is 18.2 Å². The van der Waals surface area contributed by atoms with Gasteiger partial charge in [-0.25, -0.2) is 9.37 Å². The van der Waals surface area contributed by atoms with Crippen molar-refractivity contribution < 1.29 is 14.3 Å². The lowest BCUT2D eigenvalue weighted by atomic mass is 10.2. The van der Waals surface area contributed by atoms with Crippen molar-refractivity contribution in [2.75, 3.05) is 25.0 Å². The highest BCUT2D eigenvalue weighted by Crippen LogP contribution is 2.26. The molecule has 1 heterocycles. The molecule has 5 nitrogen and oxygen atoms in total. The SMILES string of the molecule is CCN(CCO)C(C)C(=O)Nc1nc2ccc(F)cc2s1. The number of thiazole rings is 1. The van der Waals surface area contributed by atoms with Gasteiger partial charge in [-0.15, -0.1) is 0 Å². The fourth-order valence-corrected chi connectivity index (χ4v) is 2.98. The summed E-state index contributed by atoms with van der Waals surface area (Å²) >= 11 is 1.24. The second-order valence-electron chi connectivity index (χ2n) is 4.65. The van der Waals surface area contributed by atoms with E-state index in [0.717, 1.165) is 0 Å². The first-order valence-electron chi connectivity index (χ1n) is 6.77. The molecule has 0 saturated heterocycles. The van der Waals surface area contributed by atoms with Crippen LogP contribution < -0.4 is 5.32 Å². The third-order valence-electron chi connectivity index (χ3n) is 3.30. The number of rotatable bonds is 6. The van der Waals surface area contributed by atoms with Crippen LogP contribution in [0.2, 0.25) is 0 Å². The molecule has 0 radical (unpaired) electrons. The maximum atomic E-state index is 13.1. The van der Waals surface area contributed by atoms with Gasteiger partial charge in [0.25, 0.3) is 0 Å². The zero-order chi connectivity index (χ0) is 15.4. The smallest absolute Gasteiger partial charge is 0.243 e. The van der Waals surface area contributed by atoms with E-state index in [0.29, 0.717) is 28.4 Å². The molecule has 2 aromatic rings. The van der Waals surface area contributed by atoms with Gasteiger partial charge < -0.3 is 10.4 Å². The number of hydrogen-bond acceptors (Lipinski definition) is 5. The van der Waals surface area contributed by atoms with Crippen LogP contribution in [0.25, 0.3) is 10.2 Å². The minimum Gasteiger partial charge on any atom is -0.395 e. The van der Waals surface area contributed by atoms with Gasteiger partial charge in [0, 0.05) is 6.54 Å². The minimum atomic E-state index is -0.370. The van der Waals surface area contributed by atoms with E-state index in [1.807, 2.05) is 11.8 Å². The highest BCUT2D eigenvalue weighted by Gasteiger charge is 2.20. The Bertz CT molecular complexity index is 632. The summed E-state index contributed by atoms with van der Waals surface area (Å²) in [6.07, 6.45) is 0. The molecule has 7 heteroatoms. The molecule has 2 N–H and O–H groups in total. The highest BCUT2D eigenvalue weighted by molar-refractivity contribution is 7.22. The summed E-state index contributed by atoms with van der Waals surface area (Å²) in [5, 5.41) is 12.2. The quantitative estimate of drug-likeness (QED) is 0.857. The Balaban J connectivity index is 2.10. The van der Waals surface area contributed by atoms with Gasteiger partial charge in [0.1, 0.15) is 5.82 Å². The molecule has 0 fully saturated rings. The molecule has 1 unspecified atom stereocenters. The number of carbonyl (C=O) groups is 1. The number of aliphatic hydroxyl groups is 1. The second-order valence-corrected chi connectivity index (χ2v) is 5.68. The third kappa shape index (κ3) is 3.75. The van der Waals surface area contributed by atoms with Gasteiger partial charge in [-0.2, -0.15) is 0 Å². The van der Waals surface area contributed by atoms with Crippen molar-refractivity contribution in [2.45, 2.75) is 19.9 Å². The van der Waals surface area contributed by atoms with E-state index in [1.165, 1.54) is 23.5 Å². The molecule has 1 atom stereocenters. The van der Waals surface area contributed by atoms with Crippen LogP contribution in [-0.4, -0.2) is 46.6 Å². The predicted octanol–water partition coefficient (Wildman–Crippen LogP) is 2.08. The number of fused-ring (bicyclic) bond motifs is 1. The van der Waals surface area contributed by atoms with Crippen LogP contribution in [0.5, 0.6) is 0 Å². The lowest BCUT2D eigenvalue weighted by molar-refractivity contribution is -0.120. The Morgan fingerprint density at radius 2 is 2.33 bits per heavy atom. The fraction of sp³-hybridized carbons (Fsp3) is 0.429. The molecular weight excluding hydrogens is 293 g/mol. The Kier molecular flexibility index (Phi) is 5.22. The molecule has 114 valence electrons. The van der Waals surface area contributed by atoms with Crippen molar-refractivity contribution >= 4 is 32.6 Å². The van der Waals surface area contributed by atoms with E-state index < -0.39 is 0 Å². The summed E-state index contributed by atoms with van der Waals surface area (Å²) < 4.78 is 13.8. The number of carbonyl (C=O) groups excluding carboxylic acids is 1. The molecular formula is C14H18FN3O2S. The monoisotopic (exact) mass is 311 g/mol. The largest absolute Gasteiger partial charge is 0.395 e. The van der Waals surface area contributed by atoms with E-state index in [2.05, 4.69) is 10.3 Å². The van der Waals surface area contributed by atoms with Crippen LogP contribution in [0, 0.1) is 5.82 Å².